The second-order valence-corrected chi connectivity index (χ2v) is 6.64. The molecule has 0 bridgehead atoms. The van der Waals surface area contributed by atoms with Gasteiger partial charge >= 0.3 is 0 Å². The lowest BCUT2D eigenvalue weighted by Crippen LogP contribution is -2.43. The molecule has 0 spiro atoms. The maximum Gasteiger partial charge on any atom is 0.276 e. The van der Waals surface area contributed by atoms with E-state index in [9.17, 15) is 19.3 Å². The van der Waals surface area contributed by atoms with E-state index in [0.29, 0.717) is 22.0 Å². The van der Waals surface area contributed by atoms with E-state index in [1.54, 1.807) is 24.3 Å². The summed E-state index contributed by atoms with van der Waals surface area (Å²) in [7, 11) is 0. The Bertz CT molecular complexity index is 1090. The molecule has 140 valence electrons. The third-order valence-electron chi connectivity index (χ3n) is 4.51. The van der Waals surface area contributed by atoms with Crippen LogP contribution in [0, 0.1) is 15.9 Å². The molecular formula is C20H13ClFN3O3. The van der Waals surface area contributed by atoms with Gasteiger partial charge in [0.25, 0.3) is 11.6 Å². The number of hydrogen-bond acceptors (Lipinski definition) is 4. The Hall–Kier alpha value is -3.45. The van der Waals surface area contributed by atoms with Crippen molar-refractivity contribution >= 4 is 34.6 Å². The highest BCUT2D eigenvalue weighted by Crippen LogP contribution is 2.40. The van der Waals surface area contributed by atoms with Crippen LogP contribution in [0.5, 0.6) is 0 Å². The third kappa shape index (κ3) is 3.05. The van der Waals surface area contributed by atoms with E-state index in [4.69, 9.17) is 11.6 Å². The van der Waals surface area contributed by atoms with Gasteiger partial charge in [0, 0.05) is 22.5 Å². The second kappa shape index (κ2) is 6.94. The summed E-state index contributed by atoms with van der Waals surface area (Å²) in [4.78, 5) is 25.6. The second-order valence-electron chi connectivity index (χ2n) is 6.20. The van der Waals surface area contributed by atoms with Crippen molar-refractivity contribution in [2.75, 3.05) is 10.2 Å². The number of nitrogens with zero attached hydrogens (tertiary/aromatic N) is 2. The van der Waals surface area contributed by atoms with Gasteiger partial charge in [0.1, 0.15) is 12.0 Å². The van der Waals surface area contributed by atoms with Gasteiger partial charge in [0.15, 0.2) is 0 Å². The van der Waals surface area contributed by atoms with Gasteiger partial charge in [-0.2, -0.15) is 0 Å². The first-order valence-electron chi connectivity index (χ1n) is 8.34. The van der Waals surface area contributed by atoms with Gasteiger partial charge in [-0.25, -0.2) is 4.39 Å². The topological polar surface area (TPSA) is 75.5 Å². The van der Waals surface area contributed by atoms with Gasteiger partial charge in [0.2, 0.25) is 0 Å². The molecule has 0 fully saturated rings. The summed E-state index contributed by atoms with van der Waals surface area (Å²) in [5.74, 6) is -0.813. The molecule has 1 aliphatic rings. The summed E-state index contributed by atoms with van der Waals surface area (Å²) < 4.78 is 13.4. The van der Waals surface area contributed by atoms with E-state index >= 15 is 0 Å². The standard InChI is InChI=1S/C20H13ClFN3O3/c21-12-5-10-18(25(27)28)16(11-12)19-23-17-4-2-1-3-15(17)20(26)24(19)14-8-6-13(22)7-9-14/h1-11,19,23H/t19-/m1/s1. The van der Waals surface area contributed by atoms with Crippen LogP contribution >= 0.6 is 11.6 Å². The number of nitrogens with one attached hydrogen (secondary N) is 1. The predicted molar refractivity (Wildman–Crippen MR) is 104 cm³/mol. The van der Waals surface area contributed by atoms with Crippen LogP contribution in [0.15, 0.2) is 66.7 Å². The van der Waals surface area contributed by atoms with Crippen LogP contribution in [-0.4, -0.2) is 10.8 Å². The van der Waals surface area contributed by atoms with Crippen molar-refractivity contribution in [3.8, 4) is 0 Å². The Morgan fingerprint density at radius 2 is 1.79 bits per heavy atom. The van der Waals surface area contributed by atoms with E-state index in [-0.39, 0.29) is 17.2 Å². The van der Waals surface area contributed by atoms with Crippen LogP contribution in [-0.2, 0) is 0 Å². The molecular weight excluding hydrogens is 385 g/mol. The predicted octanol–water partition coefficient (Wildman–Crippen LogP) is 5.16. The largest absolute Gasteiger partial charge is 0.360 e. The average Bonchev–Trinajstić information content (AvgIpc) is 2.68. The van der Waals surface area contributed by atoms with Crippen LogP contribution in [0.2, 0.25) is 5.02 Å². The Kier molecular flexibility index (Phi) is 4.44. The number of nitro benzene ring substituents is 1. The fourth-order valence-electron chi connectivity index (χ4n) is 3.25. The molecule has 3 aromatic rings. The van der Waals surface area contributed by atoms with Crippen molar-refractivity contribution in [3.05, 3.63) is 98.8 Å². The van der Waals surface area contributed by atoms with Crippen molar-refractivity contribution in [3.63, 3.8) is 0 Å². The maximum atomic E-state index is 13.4. The van der Waals surface area contributed by atoms with Gasteiger partial charge in [-0.1, -0.05) is 23.7 Å². The number of para-hydroxylation sites is 1. The van der Waals surface area contributed by atoms with Crippen molar-refractivity contribution < 1.29 is 14.1 Å². The summed E-state index contributed by atoms with van der Waals surface area (Å²) in [5.41, 5.74) is 1.40. The van der Waals surface area contributed by atoms with Crippen molar-refractivity contribution in [2.45, 2.75) is 6.17 Å². The Balaban J connectivity index is 1.93. The zero-order valence-corrected chi connectivity index (χ0v) is 15.1. The van der Waals surface area contributed by atoms with E-state index in [1.165, 1.54) is 47.4 Å². The number of amides is 1. The summed E-state index contributed by atoms with van der Waals surface area (Å²) >= 11 is 6.09. The molecule has 1 heterocycles. The first-order valence-corrected chi connectivity index (χ1v) is 8.72. The Labute approximate surface area is 164 Å². The van der Waals surface area contributed by atoms with Crippen LogP contribution in [0.1, 0.15) is 22.1 Å². The Morgan fingerprint density at radius 3 is 2.50 bits per heavy atom. The SMILES string of the molecule is O=C1c2ccccc2N[C@@H](c2cc(Cl)ccc2[N+](=O)[O-])N1c1ccc(F)cc1. The minimum atomic E-state index is -0.896. The number of benzene rings is 3. The summed E-state index contributed by atoms with van der Waals surface area (Å²) in [6.45, 7) is 0. The van der Waals surface area contributed by atoms with E-state index < -0.39 is 16.9 Å². The molecule has 1 amide bonds. The molecule has 6 nitrogen and oxygen atoms in total. The van der Waals surface area contributed by atoms with Crippen LogP contribution in [0.4, 0.5) is 21.5 Å². The first kappa shape index (κ1) is 17.9. The molecule has 28 heavy (non-hydrogen) atoms. The highest BCUT2D eigenvalue weighted by molar-refractivity contribution is 6.30. The van der Waals surface area contributed by atoms with Gasteiger partial charge in [-0.05, 0) is 48.5 Å². The van der Waals surface area contributed by atoms with Gasteiger partial charge in [-0.15, -0.1) is 0 Å². The molecule has 8 heteroatoms. The Morgan fingerprint density at radius 1 is 1.07 bits per heavy atom. The zero-order valence-electron chi connectivity index (χ0n) is 14.3. The molecule has 1 atom stereocenters. The number of rotatable bonds is 3. The van der Waals surface area contributed by atoms with E-state index in [1.807, 2.05) is 0 Å². The molecule has 0 radical (unpaired) electrons. The van der Waals surface area contributed by atoms with Crippen molar-refractivity contribution in [1.29, 1.82) is 0 Å². The molecule has 0 saturated carbocycles. The summed E-state index contributed by atoms with van der Waals surface area (Å²) in [5, 5.41) is 15.0. The minimum Gasteiger partial charge on any atom is -0.360 e. The molecule has 0 unspecified atom stereocenters. The maximum absolute atomic E-state index is 13.4. The molecule has 1 N–H and O–H groups in total. The van der Waals surface area contributed by atoms with Crippen molar-refractivity contribution in [2.24, 2.45) is 0 Å². The molecule has 0 aliphatic carbocycles. The zero-order chi connectivity index (χ0) is 19.8. The van der Waals surface area contributed by atoms with Crippen LogP contribution in [0.25, 0.3) is 0 Å². The van der Waals surface area contributed by atoms with Gasteiger partial charge in [0.05, 0.1) is 16.1 Å². The monoisotopic (exact) mass is 397 g/mol. The average molecular weight is 398 g/mol. The smallest absolute Gasteiger partial charge is 0.276 e. The lowest BCUT2D eigenvalue weighted by atomic mass is 10.0. The van der Waals surface area contributed by atoms with Crippen LogP contribution in [0.3, 0.4) is 0 Å². The number of hydrogen-bond donors (Lipinski definition) is 1. The number of halogens is 2. The van der Waals surface area contributed by atoms with E-state index in [0.717, 1.165) is 0 Å². The number of carbonyl (C=O) groups excluding carboxylic acids is 1. The first-order chi connectivity index (χ1) is 13.5. The normalized spacial score (nSPS) is 15.7. The highest BCUT2D eigenvalue weighted by Gasteiger charge is 2.37. The summed E-state index contributed by atoms with van der Waals surface area (Å²) in [6.07, 6.45) is -0.896. The van der Waals surface area contributed by atoms with Crippen molar-refractivity contribution in [1.82, 2.24) is 0 Å². The third-order valence-corrected chi connectivity index (χ3v) is 4.75. The summed E-state index contributed by atoms with van der Waals surface area (Å²) in [6, 6.07) is 16.4. The molecule has 4 rings (SSSR count). The van der Waals surface area contributed by atoms with Crippen LogP contribution < -0.4 is 10.2 Å². The molecule has 0 aromatic heterocycles. The quantitative estimate of drug-likeness (QED) is 0.489. The van der Waals surface area contributed by atoms with E-state index in [2.05, 4.69) is 5.32 Å². The fraction of sp³-hybridized carbons (Fsp3) is 0.0500. The minimum absolute atomic E-state index is 0.179. The number of fused-ring (bicyclic) bond motifs is 1. The molecule has 0 saturated heterocycles. The van der Waals surface area contributed by atoms with Gasteiger partial charge in [-0.3, -0.25) is 19.8 Å². The van der Waals surface area contributed by atoms with Gasteiger partial charge < -0.3 is 5.32 Å². The lowest BCUT2D eigenvalue weighted by Gasteiger charge is -2.37. The number of carbonyl (C=O) groups is 1. The lowest BCUT2D eigenvalue weighted by molar-refractivity contribution is -0.385. The number of anilines is 2. The fourth-order valence-corrected chi connectivity index (χ4v) is 3.43. The molecule has 1 aliphatic heterocycles. The highest BCUT2D eigenvalue weighted by atomic mass is 35.5. The number of nitro groups is 1. The molecule has 3 aromatic carbocycles.